The van der Waals surface area contributed by atoms with Crippen LogP contribution in [0.5, 0.6) is 0 Å². The largest absolute Gasteiger partial charge is 0.480 e. The molecule has 0 aliphatic rings. The maximum atomic E-state index is 13.9. The fraction of sp³-hybridized carbons (Fsp3) is 0.514. The number of amides is 4. The number of nitrogens with one attached hydrogen (secondary N) is 4. The molecule has 4 amide bonds. The summed E-state index contributed by atoms with van der Waals surface area (Å²) in [6.07, 6.45) is 0.858. The van der Waals surface area contributed by atoms with E-state index >= 15 is 0 Å². The Hall–Kier alpha value is -4.25. The van der Waals surface area contributed by atoms with E-state index in [2.05, 4.69) is 21.3 Å². The Bertz CT molecular complexity index is 1280. The number of carbonyl (C=O) groups is 5. The Morgan fingerprint density at radius 1 is 0.587 bits per heavy atom. The van der Waals surface area contributed by atoms with Crippen molar-refractivity contribution in [1.29, 1.82) is 0 Å². The Morgan fingerprint density at radius 2 is 1.00 bits per heavy atom. The van der Waals surface area contributed by atoms with Gasteiger partial charge in [-0.2, -0.15) is 0 Å². The van der Waals surface area contributed by atoms with Gasteiger partial charge in [0.25, 0.3) is 0 Å². The van der Waals surface area contributed by atoms with Gasteiger partial charge in [0.15, 0.2) is 0 Å². The molecular weight excluding hydrogens is 586 g/mol. The molecule has 0 saturated carbocycles. The highest BCUT2D eigenvalue weighted by Crippen LogP contribution is 2.11. The van der Waals surface area contributed by atoms with Gasteiger partial charge in [0.2, 0.25) is 23.6 Å². The van der Waals surface area contributed by atoms with E-state index in [9.17, 15) is 29.1 Å². The highest BCUT2D eigenvalue weighted by Gasteiger charge is 2.33. The zero-order valence-corrected chi connectivity index (χ0v) is 27.8. The lowest BCUT2D eigenvalue weighted by Gasteiger charge is -2.28. The Labute approximate surface area is 272 Å². The van der Waals surface area contributed by atoms with Gasteiger partial charge in [-0.3, -0.25) is 19.2 Å². The topological polar surface area (TPSA) is 180 Å². The first-order chi connectivity index (χ1) is 21.7. The normalized spacial score (nSPS) is 14.6. The summed E-state index contributed by atoms with van der Waals surface area (Å²) in [5.74, 6) is -3.61. The minimum Gasteiger partial charge on any atom is -0.480 e. The second-order valence-electron chi connectivity index (χ2n) is 13.0. The molecule has 0 spiro atoms. The summed E-state index contributed by atoms with van der Waals surface area (Å²) in [5, 5.41) is 20.6. The molecule has 2 aromatic rings. The third-order valence-electron chi connectivity index (χ3n) is 7.46. The van der Waals surface area contributed by atoms with Gasteiger partial charge in [0.1, 0.15) is 24.2 Å². The molecular formula is C35H51N5O6. The van der Waals surface area contributed by atoms with Crippen molar-refractivity contribution in [2.75, 3.05) is 0 Å². The molecule has 5 atom stereocenters. The van der Waals surface area contributed by atoms with Gasteiger partial charge >= 0.3 is 5.97 Å². The molecule has 46 heavy (non-hydrogen) atoms. The molecule has 0 aliphatic carbocycles. The number of hydrogen-bond donors (Lipinski definition) is 6. The molecule has 0 fully saturated rings. The van der Waals surface area contributed by atoms with E-state index in [-0.39, 0.29) is 37.0 Å². The van der Waals surface area contributed by atoms with Crippen LogP contribution in [0.15, 0.2) is 60.7 Å². The van der Waals surface area contributed by atoms with Gasteiger partial charge in [0, 0.05) is 12.8 Å². The number of rotatable bonds is 18. The summed E-state index contributed by atoms with van der Waals surface area (Å²) in [4.78, 5) is 65.8. The highest BCUT2D eigenvalue weighted by atomic mass is 16.4. The number of carboxylic acid groups (broad SMARTS) is 1. The van der Waals surface area contributed by atoms with Crippen LogP contribution in [0.25, 0.3) is 0 Å². The van der Waals surface area contributed by atoms with Crippen LogP contribution in [0, 0.1) is 17.8 Å². The van der Waals surface area contributed by atoms with Crippen LogP contribution < -0.4 is 27.0 Å². The second kappa shape index (κ2) is 18.7. The monoisotopic (exact) mass is 637 g/mol. The average molecular weight is 638 g/mol. The van der Waals surface area contributed by atoms with Gasteiger partial charge < -0.3 is 32.1 Å². The predicted octanol–water partition coefficient (Wildman–Crippen LogP) is 2.57. The van der Waals surface area contributed by atoms with Crippen molar-refractivity contribution in [2.24, 2.45) is 23.5 Å². The molecule has 11 nitrogen and oxygen atoms in total. The van der Waals surface area contributed by atoms with Crippen LogP contribution in [-0.4, -0.2) is 64.9 Å². The zero-order chi connectivity index (χ0) is 34.4. The molecule has 0 bridgehead atoms. The van der Waals surface area contributed by atoms with E-state index in [0.29, 0.717) is 6.42 Å². The smallest absolute Gasteiger partial charge is 0.326 e. The van der Waals surface area contributed by atoms with Crippen LogP contribution in [-0.2, 0) is 36.8 Å². The summed E-state index contributed by atoms with van der Waals surface area (Å²) in [6, 6.07) is 13.0. The molecule has 0 heterocycles. The zero-order valence-electron chi connectivity index (χ0n) is 27.8. The third kappa shape index (κ3) is 13.0. The van der Waals surface area contributed by atoms with Crippen LogP contribution in [0.4, 0.5) is 0 Å². The molecule has 252 valence electrons. The van der Waals surface area contributed by atoms with E-state index in [0.717, 1.165) is 11.1 Å². The van der Waals surface area contributed by atoms with Crippen LogP contribution >= 0.6 is 0 Å². The molecule has 7 N–H and O–H groups in total. The first-order valence-corrected chi connectivity index (χ1v) is 16.0. The predicted molar refractivity (Wildman–Crippen MR) is 177 cm³/mol. The fourth-order valence-corrected chi connectivity index (χ4v) is 5.03. The summed E-state index contributed by atoms with van der Waals surface area (Å²) in [5.41, 5.74) is 7.58. The molecule has 0 unspecified atom stereocenters. The van der Waals surface area contributed by atoms with Gasteiger partial charge in [-0.25, -0.2) is 4.79 Å². The number of hydrogen-bond acceptors (Lipinski definition) is 6. The quantitative estimate of drug-likeness (QED) is 0.145. The number of carbonyl (C=O) groups excluding carboxylic acids is 4. The Morgan fingerprint density at radius 3 is 1.39 bits per heavy atom. The van der Waals surface area contributed by atoms with Gasteiger partial charge in [-0.15, -0.1) is 0 Å². The average Bonchev–Trinajstić information content (AvgIpc) is 2.98. The van der Waals surface area contributed by atoms with Crippen molar-refractivity contribution in [1.82, 2.24) is 21.3 Å². The van der Waals surface area contributed by atoms with E-state index in [4.69, 9.17) is 5.73 Å². The van der Waals surface area contributed by atoms with Crippen molar-refractivity contribution in [3.8, 4) is 0 Å². The summed E-state index contributed by atoms with van der Waals surface area (Å²) in [7, 11) is 0. The van der Waals surface area contributed by atoms with Crippen LogP contribution in [0.3, 0.4) is 0 Å². The second-order valence-corrected chi connectivity index (χ2v) is 13.0. The highest BCUT2D eigenvalue weighted by molar-refractivity contribution is 5.95. The Kier molecular flexibility index (Phi) is 15.4. The standard InChI is InChI=1S/C35H51N5O6/c1-21(2)17-26(36)31(41)40-30(23(5)6)34(44)38-28(20-25-15-11-8-12-16-25)32(42)37-27(19-24-13-9-7-10-14-24)33(43)39-29(35(45)46)18-22(3)4/h7-16,21-23,26-30H,17-20,36H2,1-6H3,(H,37,42)(H,38,44)(H,39,43)(H,40,41)(H,45,46)/t26-,27-,28-,29-,30-/m1/s1. The van der Waals surface area contributed by atoms with Crippen LogP contribution in [0.2, 0.25) is 0 Å². The first kappa shape index (κ1) is 37.9. The number of benzene rings is 2. The molecule has 2 aromatic carbocycles. The van der Waals surface area contributed by atoms with E-state index in [1.165, 1.54) is 0 Å². The molecule has 11 heteroatoms. The van der Waals surface area contributed by atoms with Gasteiger partial charge in [0.05, 0.1) is 6.04 Å². The third-order valence-corrected chi connectivity index (χ3v) is 7.46. The number of aliphatic carboxylic acids is 1. The maximum absolute atomic E-state index is 13.9. The SMILES string of the molecule is CC(C)C[C@@H](N)C(=O)N[C@@H](C(=O)N[C@H](Cc1ccccc1)C(=O)N[C@H](Cc1ccccc1)C(=O)N[C@H](CC(C)C)C(=O)O)C(C)C. The molecule has 0 saturated heterocycles. The lowest BCUT2D eigenvalue weighted by Crippen LogP contribution is -2.60. The van der Waals surface area contributed by atoms with E-state index < -0.39 is 59.8 Å². The fourth-order valence-electron chi connectivity index (χ4n) is 5.03. The molecule has 0 aromatic heterocycles. The van der Waals surface area contributed by atoms with Crippen LogP contribution in [0.1, 0.15) is 65.5 Å². The summed E-state index contributed by atoms with van der Waals surface area (Å²) < 4.78 is 0. The molecule has 0 aliphatic heterocycles. The van der Waals surface area contributed by atoms with Crippen molar-refractivity contribution >= 4 is 29.6 Å². The molecule has 0 radical (unpaired) electrons. The first-order valence-electron chi connectivity index (χ1n) is 16.0. The maximum Gasteiger partial charge on any atom is 0.326 e. The minimum absolute atomic E-state index is 0.00310. The summed E-state index contributed by atoms with van der Waals surface area (Å²) >= 11 is 0. The van der Waals surface area contributed by atoms with E-state index in [1.807, 2.05) is 64.1 Å². The lowest BCUT2D eigenvalue weighted by molar-refractivity contribution is -0.142. The van der Waals surface area contributed by atoms with Crippen molar-refractivity contribution < 1.29 is 29.1 Å². The lowest BCUT2D eigenvalue weighted by atomic mass is 9.98. The minimum atomic E-state index is -1.17. The van der Waals surface area contributed by atoms with Crippen molar-refractivity contribution in [2.45, 2.75) is 97.4 Å². The molecule has 2 rings (SSSR count). The summed E-state index contributed by atoms with van der Waals surface area (Å²) in [6.45, 7) is 11.2. The van der Waals surface area contributed by atoms with Crippen molar-refractivity contribution in [3.05, 3.63) is 71.8 Å². The van der Waals surface area contributed by atoms with Crippen molar-refractivity contribution in [3.63, 3.8) is 0 Å². The van der Waals surface area contributed by atoms with Gasteiger partial charge in [-0.1, -0.05) is 102 Å². The number of nitrogens with two attached hydrogens (primary N) is 1. The van der Waals surface area contributed by atoms with E-state index in [1.54, 1.807) is 38.1 Å². The van der Waals surface area contributed by atoms with Gasteiger partial charge in [-0.05, 0) is 41.7 Å². The Balaban J connectivity index is 2.36. The number of carboxylic acids is 1.